The molecule has 1 saturated heterocycles. The summed E-state index contributed by atoms with van der Waals surface area (Å²) >= 11 is 11.9. The first-order valence-corrected chi connectivity index (χ1v) is 9.12. The smallest absolute Gasteiger partial charge is 0.295 e. The number of benzene rings is 2. The van der Waals surface area contributed by atoms with Crippen LogP contribution in [0.25, 0.3) is 5.76 Å². The Labute approximate surface area is 171 Å². The summed E-state index contributed by atoms with van der Waals surface area (Å²) in [6.45, 7) is 0.342. The van der Waals surface area contributed by atoms with E-state index in [1.807, 2.05) is 0 Å². The summed E-state index contributed by atoms with van der Waals surface area (Å²) in [4.78, 5) is 26.7. The van der Waals surface area contributed by atoms with Gasteiger partial charge in [-0.15, -0.1) is 0 Å². The number of phenolic OH excluding ortho intramolecular Hbond substituents is 1. The van der Waals surface area contributed by atoms with Gasteiger partial charge in [0, 0.05) is 19.2 Å². The Morgan fingerprint density at radius 1 is 1.14 bits per heavy atom. The molecular formula is C20H17Cl2NO5. The van der Waals surface area contributed by atoms with E-state index in [9.17, 15) is 19.8 Å². The molecule has 0 aromatic heterocycles. The largest absolute Gasteiger partial charge is 0.508 e. The van der Waals surface area contributed by atoms with E-state index < -0.39 is 17.7 Å². The molecule has 1 fully saturated rings. The molecular weight excluding hydrogens is 405 g/mol. The first-order chi connectivity index (χ1) is 13.3. The van der Waals surface area contributed by atoms with Gasteiger partial charge in [-0.05, 0) is 35.9 Å². The fourth-order valence-electron chi connectivity index (χ4n) is 3.14. The summed E-state index contributed by atoms with van der Waals surface area (Å²) in [7, 11) is 1.48. The van der Waals surface area contributed by atoms with E-state index in [0.29, 0.717) is 10.6 Å². The lowest BCUT2D eigenvalue weighted by Gasteiger charge is -2.25. The molecule has 1 amide bonds. The van der Waals surface area contributed by atoms with Gasteiger partial charge in [-0.25, -0.2) is 0 Å². The van der Waals surface area contributed by atoms with E-state index in [0.717, 1.165) is 0 Å². The number of rotatable bonds is 5. The Hall–Kier alpha value is -2.54. The maximum atomic E-state index is 12.7. The fraction of sp³-hybridized carbons (Fsp3) is 0.200. The quantitative estimate of drug-likeness (QED) is 0.435. The van der Waals surface area contributed by atoms with Crippen molar-refractivity contribution in [2.24, 2.45) is 0 Å². The number of amides is 1. The molecule has 0 spiro atoms. The van der Waals surface area contributed by atoms with E-state index in [1.165, 1.54) is 42.3 Å². The maximum absolute atomic E-state index is 12.7. The number of hydrogen-bond acceptors (Lipinski definition) is 5. The highest BCUT2D eigenvalue weighted by atomic mass is 35.5. The maximum Gasteiger partial charge on any atom is 0.295 e. The summed E-state index contributed by atoms with van der Waals surface area (Å²) in [6, 6.07) is 9.72. The van der Waals surface area contributed by atoms with Crippen molar-refractivity contribution >= 4 is 40.7 Å². The number of aliphatic hydroxyl groups excluding tert-OH is 1. The molecule has 1 aliphatic rings. The Morgan fingerprint density at radius 2 is 1.89 bits per heavy atom. The van der Waals surface area contributed by atoms with Crippen molar-refractivity contribution in [3.05, 3.63) is 69.2 Å². The van der Waals surface area contributed by atoms with Crippen LogP contribution in [-0.2, 0) is 14.3 Å². The van der Waals surface area contributed by atoms with Crippen molar-refractivity contribution in [1.29, 1.82) is 0 Å². The van der Waals surface area contributed by atoms with Crippen LogP contribution in [0, 0.1) is 0 Å². The lowest BCUT2D eigenvalue weighted by molar-refractivity contribution is -0.140. The third kappa shape index (κ3) is 3.71. The van der Waals surface area contributed by atoms with Gasteiger partial charge >= 0.3 is 0 Å². The molecule has 1 unspecified atom stereocenters. The number of Topliss-reactive ketones (excluding diaryl/α,β-unsaturated/α-hetero) is 1. The van der Waals surface area contributed by atoms with Gasteiger partial charge in [0.05, 0.1) is 28.3 Å². The molecule has 3 rings (SSSR count). The number of aliphatic hydroxyl groups is 1. The number of halogens is 2. The Bertz CT molecular complexity index is 973. The Balaban J connectivity index is 2.18. The van der Waals surface area contributed by atoms with E-state index in [2.05, 4.69) is 0 Å². The minimum atomic E-state index is -0.878. The fourth-order valence-corrected chi connectivity index (χ4v) is 3.44. The molecule has 0 bridgehead atoms. The monoisotopic (exact) mass is 421 g/mol. The van der Waals surface area contributed by atoms with Crippen molar-refractivity contribution in [1.82, 2.24) is 4.90 Å². The second kappa shape index (κ2) is 8.22. The van der Waals surface area contributed by atoms with E-state index in [4.69, 9.17) is 27.9 Å². The number of ether oxygens (including phenoxy) is 1. The zero-order valence-electron chi connectivity index (χ0n) is 14.9. The molecule has 1 aliphatic heterocycles. The predicted octanol–water partition coefficient (Wildman–Crippen LogP) is 3.77. The van der Waals surface area contributed by atoms with Crippen LogP contribution >= 0.6 is 23.2 Å². The number of likely N-dealkylation sites (tertiary alicyclic amines) is 1. The van der Waals surface area contributed by atoms with Gasteiger partial charge < -0.3 is 19.8 Å². The summed E-state index contributed by atoms with van der Waals surface area (Å²) < 4.78 is 5.04. The number of carbonyl (C=O) groups is 2. The first-order valence-electron chi connectivity index (χ1n) is 8.37. The van der Waals surface area contributed by atoms with Crippen molar-refractivity contribution in [2.45, 2.75) is 6.04 Å². The van der Waals surface area contributed by atoms with Crippen LogP contribution in [0.3, 0.4) is 0 Å². The standard InChI is InChI=1S/C20H17Cl2NO5/c1-28-8-7-23-17(11-3-2-4-13(24)9-11)16(19(26)20(23)27)18(25)12-5-6-14(21)15(22)10-12/h2-6,9-10,17,24-25H,7-8H2,1H3/b18-16-. The van der Waals surface area contributed by atoms with E-state index in [-0.39, 0.29) is 40.8 Å². The van der Waals surface area contributed by atoms with Gasteiger partial charge in [-0.1, -0.05) is 35.3 Å². The lowest BCUT2D eigenvalue weighted by atomic mass is 9.95. The molecule has 1 atom stereocenters. The van der Waals surface area contributed by atoms with Crippen LogP contribution < -0.4 is 0 Å². The molecule has 0 radical (unpaired) electrons. The number of methoxy groups -OCH3 is 1. The molecule has 2 aromatic rings. The zero-order valence-corrected chi connectivity index (χ0v) is 16.4. The van der Waals surface area contributed by atoms with Gasteiger partial charge in [0.2, 0.25) is 0 Å². The van der Waals surface area contributed by atoms with E-state index in [1.54, 1.807) is 12.1 Å². The number of aromatic hydroxyl groups is 1. The highest BCUT2D eigenvalue weighted by Crippen LogP contribution is 2.40. The van der Waals surface area contributed by atoms with Crippen LogP contribution in [0.15, 0.2) is 48.0 Å². The molecule has 146 valence electrons. The highest BCUT2D eigenvalue weighted by molar-refractivity contribution is 6.46. The SMILES string of the molecule is COCCN1C(=O)C(=O)/C(=C(\O)c2ccc(Cl)c(Cl)c2)C1c1cccc(O)c1. The van der Waals surface area contributed by atoms with Gasteiger partial charge in [0.1, 0.15) is 11.5 Å². The number of carbonyl (C=O) groups excluding carboxylic acids is 2. The molecule has 0 aliphatic carbocycles. The summed E-state index contributed by atoms with van der Waals surface area (Å²) in [5.74, 6) is -1.98. The zero-order chi connectivity index (χ0) is 20.4. The average Bonchev–Trinajstić information content (AvgIpc) is 2.92. The van der Waals surface area contributed by atoms with Crippen LogP contribution in [-0.4, -0.2) is 47.1 Å². The minimum absolute atomic E-state index is 0.0237. The van der Waals surface area contributed by atoms with Crippen molar-refractivity contribution in [3.8, 4) is 5.75 Å². The molecule has 2 aromatic carbocycles. The predicted molar refractivity (Wildman–Crippen MR) is 105 cm³/mol. The third-order valence-corrected chi connectivity index (χ3v) is 5.19. The van der Waals surface area contributed by atoms with Crippen LogP contribution in [0.5, 0.6) is 5.75 Å². The summed E-state index contributed by atoms with van der Waals surface area (Å²) in [6.07, 6.45) is 0. The minimum Gasteiger partial charge on any atom is -0.508 e. The normalized spacial score (nSPS) is 18.7. The van der Waals surface area contributed by atoms with Crippen molar-refractivity contribution in [2.75, 3.05) is 20.3 Å². The van der Waals surface area contributed by atoms with Crippen LogP contribution in [0.2, 0.25) is 10.0 Å². The van der Waals surface area contributed by atoms with Gasteiger partial charge in [0.25, 0.3) is 11.7 Å². The molecule has 6 nitrogen and oxygen atoms in total. The van der Waals surface area contributed by atoms with Crippen LogP contribution in [0.4, 0.5) is 0 Å². The Kier molecular flexibility index (Phi) is 5.93. The number of ketones is 1. The molecule has 2 N–H and O–H groups in total. The second-order valence-corrected chi connectivity index (χ2v) is 7.02. The third-order valence-electron chi connectivity index (χ3n) is 4.46. The van der Waals surface area contributed by atoms with Gasteiger partial charge in [-0.3, -0.25) is 9.59 Å². The molecule has 28 heavy (non-hydrogen) atoms. The van der Waals surface area contributed by atoms with Crippen molar-refractivity contribution in [3.63, 3.8) is 0 Å². The number of nitrogens with zero attached hydrogens (tertiary/aromatic N) is 1. The average molecular weight is 422 g/mol. The molecule has 8 heteroatoms. The number of hydrogen-bond donors (Lipinski definition) is 2. The molecule has 1 heterocycles. The summed E-state index contributed by atoms with van der Waals surface area (Å²) in [5, 5.41) is 21.2. The van der Waals surface area contributed by atoms with Crippen molar-refractivity contribution < 1.29 is 24.5 Å². The summed E-state index contributed by atoms with van der Waals surface area (Å²) in [5.41, 5.74) is 0.645. The van der Waals surface area contributed by atoms with Gasteiger partial charge in [-0.2, -0.15) is 0 Å². The highest BCUT2D eigenvalue weighted by Gasteiger charge is 2.46. The lowest BCUT2D eigenvalue weighted by Crippen LogP contribution is -2.32. The van der Waals surface area contributed by atoms with Crippen LogP contribution in [0.1, 0.15) is 17.2 Å². The number of phenols is 1. The second-order valence-electron chi connectivity index (χ2n) is 6.21. The topological polar surface area (TPSA) is 87.1 Å². The molecule has 0 saturated carbocycles. The first kappa shape index (κ1) is 20.2. The van der Waals surface area contributed by atoms with E-state index >= 15 is 0 Å². The Morgan fingerprint density at radius 3 is 2.54 bits per heavy atom. The van der Waals surface area contributed by atoms with Gasteiger partial charge in [0.15, 0.2) is 0 Å².